The van der Waals surface area contributed by atoms with Gasteiger partial charge in [-0.05, 0) is 4.92 Å². The zero-order valence-corrected chi connectivity index (χ0v) is 9.13. The maximum atomic E-state index is 10.6. The normalized spacial score (nSPS) is 17.6. The van der Waals surface area contributed by atoms with Crippen molar-refractivity contribution in [2.75, 3.05) is 26.3 Å². The van der Waals surface area contributed by atoms with Crippen molar-refractivity contribution in [3.05, 3.63) is 21.9 Å². The van der Waals surface area contributed by atoms with Crippen LogP contribution >= 0.6 is 0 Å². The molecule has 7 nitrogen and oxygen atoms in total. The van der Waals surface area contributed by atoms with E-state index in [-0.39, 0.29) is 5.82 Å². The maximum Gasteiger partial charge on any atom is 0.390 e. The van der Waals surface area contributed by atoms with Crippen LogP contribution in [0.25, 0.3) is 0 Å². The molecule has 1 aliphatic rings. The Kier molecular flexibility index (Phi) is 3.16. The summed E-state index contributed by atoms with van der Waals surface area (Å²) in [5.74, 6) is -0.0919. The third-order valence-corrected chi connectivity index (χ3v) is 2.64. The Balaban J connectivity index is 2.05. The number of hydrogen-bond acceptors (Lipinski definition) is 5. The summed E-state index contributed by atoms with van der Waals surface area (Å²) in [4.78, 5) is 12.3. The van der Waals surface area contributed by atoms with Gasteiger partial charge >= 0.3 is 5.82 Å². The lowest BCUT2D eigenvalue weighted by molar-refractivity contribution is -0.389. The van der Waals surface area contributed by atoms with Crippen molar-refractivity contribution in [3.8, 4) is 0 Å². The number of aryl methyl sites for hydroxylation is 1. The first-order valence-corrected chi connectivity index (χ1v) is 5.14. The van der Waals surface area contributed by atoms with E-state index in [9.17, 15) is 10.1 Å². The molecule has 16 heavy (non-hydrogen) atoms. The van der Waals surface area contributed by atoms with Crippen LogP contribution in [0, 0.1) is 10.1 Å². The van der Waals surface area contributed by atoms with E-state index < -0.39 is 4.92 Å². The van der Waals surface area contributed by atoms with Gasteiger partial charge in [-0.3, -0.25) is 4.90 Å². The van der Waals surface area contributed by atoms with E-state index in [4.69, 9.17) is 4.74 Å². The molecule has 0 aliphatic carbocycles. The minimum atomic E-state index is -0.469. The van der Waals surface area contributed by atoms with Crippen molar-refractivity contribution in [1.82, 2.24) is 14.7 Å². The Bertz CT molecular complexity index is 384. The molecule has 0 saturated carbocycles. The summed E-state index contributed by atoms with van der Waals surface area (Å²) in [6, 6.07) is 1.52. The van der Waals surface area contributed by atoms with Gasteiger partial charge < -0.3 is 14.9 Å². The average Bonchev–Trinajstić information content (AvgIpc) is 2.62. The summed E-state index contributed by atoms with van der Waals surface area (Å²) < 4.78 is 6.80. The van der Waals surface area contributed by atoms with Crippen LogP contribution < -0.4 is 0 Å². The molecule has 0 radical (unpaired) electrons. The van der Waals surface area contributed by atoms with Crippen LogP contribution in [-0.4, -0.2) is 45.9 Å². The van der Waals surface area contributed by atoms with E-state index in [1.807, 2.05) is 0 Å². The zero-order chi connectivity index (χ0) is 11.5. The third kappa shape index (κ3) is 2.37. The monoisotopic (exact) mass is 226 g/mol. The molecule has 0 spiro atoms. The second-order valence-corrected chi connectivity index (χ2v) is 3.76. The second kappa shape index (κ2) is 4.58. The molecule has 1 aliphatic heterocycles. The van der Waals surface area contributed by atoms with Crippen molar-refractivity contribution >= 4 is 5.82 Å². The van der Waals surface area contributed by atoms with Gasteiger partial charge in [0.05, 0.1) is 37.1 Å². The van der Waals surface area contributed by atoms with E-state index in [0.29, 0.717) is 6.54 Å². The summed E-state index contributed by atoms with van der Waals surface area (Å²) in [6.07, 6.45) is 0. The number of ether oxygens (including phenoxy) is 1. The van der Waals surface area contributed by atoms with Gasteiger partial charge in [0.25, 0.3) is 0 Å². The fourth-order valence-electron chi connectivity index (χ4n) is 1.71. The molecule has 2 heterocycles. The summed E-state index contributed by atoms with van der Waals surface area (Å²) in [7, 11) is 1.72. The van der Waals surface area contributed by atoms with Gasteiger partial charge in [-0.1, -0.05) is 0 Å². The number of nitrogens with zero attached hydrogens (tertiary/aromatic N) is 4. The van der Waals surface area contributed by atoms with Gasteiger partial charge in [-0.15, -0.1) is 0 Å². The first kappa shape index (κ1) is 11.0. The average molecular weight is 226 g/mol. The smallest absolute Gasteiger partial charge is 0.379 e. The van der Waals surface area contributed by atoms with Crippen LogP contribution in [0.15, 0.2) is 6.07 Å². The summed E-state index contributed by atoms with van der Waals surface area (Å²) in [6.45, 7) is 3.85. The molecule has 0 aromatic carbocycles. The van der Waals surface area contributed by atoms with Crippen LogP contribution in [0.2, 0.25) is 0 Å². The summed E-state index contributed by atoms with van der Waals surface area (Å²) >= 11 is 0. The quantitative estimate of drug-likeness (QED) is 0.542. The fraction of sp³-hybridized carbons (Fsp3) is 0.667. The molecule has 0 amide bonds. The second-order valence-electron chi connectivity index (χ2n) is 3.76. The van der Waals surface area contributed by atoms with Crippen LogP contribution in [-0.2, 0) is 18.3 Å². The van der Waals surface area contributed by atoms with Crippen LogP contribution in [0.4, 0.5) is 5.82 Å². The molecule has 0 atom stereocenters. The summed E-state index contributed by atoms with van der Waals surface area (Å²) in [5.41, 5.74) is 0.855. The Morgan fingerprint density at radius 3 is 2.81 bits per heavy atom. The lowest BCUT2D eigenvalue weighted by Crippen LogP contribution is -2.36. The number of aromatic nitrogens is 2. The molecular weight excluding hydrogens is 212 g/mol. The van der Waals surface area contributed by atoms with Gasteiger partial charge in [-0.25, -0.2) is 0 Å². The van der Waals surface area contributed by atoms with Crippen molar-refractivity contribution < 1.29 is 9.66 Å². The minimum absolute atomic E-state index is 0.0919. The van der Waals surface area contributed by atoms with E-state index in [1.54, 1.807) is 11.7 Å². The third-order valence-electron chi connectivity index (χ3n) is 2.64. The fourth-order valence-corrected chi connectivity index (χ4v) is 1.71. The first-order chi connectivity index (χ1) is 7.66. The van der Waals surface area contributed by atoms with Crippen LogP contribution in [0.3, 0.4) is 0 Å². The highest BCUT2D eigenvalue weighted by Crippen LogP contribution is 2.13. The Hall–Kier alpha value is -1.47. The Labute approximate surface area is 92.7 Å². The number of morpholine rings is 1. The molecule has 0 bridgehead atoms. The number of nitro groups is 1. The highest BCUT2D eigenvalue weighted by Gasteiger charge is 2.18. The molecule has 7 heteroatoms. The van der Waals surface area contributed by atoms with E-state index in [0.717, 1.165) is 32.0 Å². The molecule has 1 aromatic rings. The Morgan fingerprint density at radius 2 is 2.25 bits per heavy atom. The van der Waals surface area contributed by atoms with Crippen molar-refractivity contribution in [3.63, 3.8) is 0 Å². The highest BCUT2D eigenvalue weighted by atomic mass is 16.6. The lowest BCUT2D eigenvalue weighted by atomic mass is 10.3. The molecule has 1 fully saturated rings. The minimum Gasteiger partial charge on any atom is -0.379 e. The van der Waals surface area contributed by atoms with Gasteiger partial charge in [0.1, 0.15) is 0 Å². The highest BCUT2D eigenvalue weighted by molar-refractivity contribution is 5.21. The number of hydrogen-bond donors (Lipinski definition) is 0. The molecular formula is C9H14N4O3. The maximum absolute atomic E-state index is 10.6. The molecule has 2 rings (SSSR count). The predicted octanol–water partition coefficient (Wildman–Crippen LogP) is 0.160. The SMILES string of the molecule is Cn1nc([N+](=O)[O-])cc1CN1CCOCC1. The zero-order valence-electron chi connectivity index (χ0n) is 9.13. The predicted molar refractivity (Wildman–Crippen MR) is 56.0 cm³/mol. The molecule has 1 aromatic heterocycles. The van der Waals surface area contributed by atoms with Gasteiger partial charge in [0.2, 0.25) is 0 Å². The van der Waals surface area contributed by atoms with Crippen molar-refractivity contribution in [2.24, 2.45) is 7.05 Å². The number of rotatable bonds is 3. The van der Waals surface area contributed by atoms with Gasteiger partial charge in [0, 0.05) is 19.6 Å². The van der Waals surface area contributed by atoms with E-state index in [1.165, 1.54) is 6.07 Å². The van der Waals surface area contributed by atoms with Gasteiger partial charge in [-0.2, -0.15) is 4.68 Å². The molecule has 0 N–H and O–H groups in total. The summed E-state index contributed by atoms with van der Waals surface area (Å²) in [5, 5.41) is 14.4. The Morgan fingerprint density at radius 1 is 1.56 bits per heavy atom. The van der Waals surface area contributed by atoms with E-state index in [2.05, 4.69) is 10.00 Å². The lowest BCUT2D eigenvalue weighted by Gasteiger charge is -2.25. The largest absolute Gasteiger partial charge is 0.390 e. The molecule has 88 valence electrons. The van der Waals surface area contributed by atoms with Crippen LogP contribution in [0.1, 0.15) is 5.69 Å². The van der Waals surface area contributed by atoms with Gasteiger partial charge in [0.15, 0.2) is 0 Å². The van der Waals surface area contributed by atoms with Crippen molar-refractivity contribution in [2.45, 2.75) is 6.54 Å². The van der Waals surface area contributed by atoms with Crippen molar-refractivity contribution in [1.29, 1.82) is 0 Å². The topological polar surface area (TPSA) is 73.4 Å². The van der Waals surface area contributed by atoms with Crippen LogP contribution in [0.5, 0.6) is 0 Å². The molecule has 1 saturated heterocycles. The first-order valence-electron chi connectivity index (χ1n) is 5.14. The molecule has 0 unspecified atom stereocenters. The standard InChI is InChI=1S/C9H14N4O3/c1-11-8(6-9(10-11)13(14)15)7-12-2-4-16-5-3-12/h6H,2-5,7H2,1H3. The van der Waals surface area contributed by atoms with E-state index >= 15 is 0 Å².